The maximum Gasteiger partial charge on any atom is 0.251 e. The quantitative estimate of drug-likeness (QED) is 0.548. The lowest BCUT2D eigenvalue weighted by molar-refractivity contribution is 0.0953. The number of unbranched alkanes of at least 4 members (excludes halogenated alkanes) is 1. The van der Waals surface area contributed by atoms with Crippen LogP contribution in [0.1, 0.15) is 59.6 Å². The summed E-state index contributed by atoms with van der Waals surface area (Å²) in [5.41, 5.74) is 4.37. The van der Waals surface area contributed by atoms with Crippen LogP contribution >= 0.6 is 0 Å². The molecular weight excluding hydrogens is 348 g/mol. The number of anilines is 1. The van der Waals surface area contributed by atoms with Crippen LogP contribution in [-0.4, -0.2) is 19.6 Å². The first-order chi connectivity index (χ1) is 13.7. The van der Waals surface area contributed by atoms with Crippen molar-refractivity contribution in [3.63, 3.8) is 0 Å². The Labute approximate surface area is 167 Å². The van der Waals surface area contributed by atoms with Crippen molar-refractivity contribution >= 4 is 11.6 Å². The van der Waals surface area contributed by atoms with Crippen LogP contribution in [0.2, 0.25) is 0 Å². The predicted octanol–water partition coefficient (Wildman–Crippen LogP) is 5.05. The van der Waals surface area contributed by atoms with Gasteiger partial charge in [-0.15, -0.1) is 0 Å². The molecule has 2 aromatic carbocycles. The minimum atomic E-state index is 0.0204. The van der Waals surface area contributed by atoms with Crippen molar-refractivity contribution in [1.29, 1.82) is 0 Å². The molecule has 0 aromatic heterocycles. The van der Waals surface area contributed by atoms with Gasteiger partial charge in [-0.2, -0.15) is 0 Å². The van der Waals surface area contributed by atoms with Crippen molar-refractivity contribution in [2.45, 2.75) is 38.1 Å². The fraction of sp³-hybridized carbons (Fsp3) is 0.375. The molecule has 0 radical (unpaired) electrons. The highest BCUT2D eigenvalue weighted by Crippen LogP contribution is 2.50. The number of benzene rings is 2. The molecule has 4 nitrogen and oxygen atoms in total. The van der Waals surface area contributed by atoms with Gasteiger partial charge in [-0.25, -0.2) is 0 Å². The Balaban J connectivity index is 1.60. The highest BCUT2D eigenvalue weighted by atomic mass is 16.5. The van der Waals surface area contributed by atoms with E-state index in [1.54, 1.807) is 7.11 Å². The molecule has 1 aliphatic carbocycles. The number of carbonyl (C=O) groups excluding carboxylic acids is 1. The Morgan fingerprint density at radius 2 is 2.04 bits per heavy atom. The standard InChI is InChI=1S/C24H28N2O2/c1-3-4-14-25-24(27)17-10-13-22-21(15-17)19-6-5-7-20(19)23(26-22)16-8-11-18(28-2)12-9-16/h5-6,8-13,15,19-20,23,26H,3-4,7,14H2,1-2H3,(H,25,27). The lowest BCUT2D eigenvalue weighted by Crippen LogP contribution is -2.30. The summed E-state index contributed by atoms with van der Waals surface area (Å²) >= 11 is 0. The second-order valence-electron chi connectivity index (χ2n) is 7.66. The number of amides is 1. The van der Waals surface area contributed by atoms with Gasteiger partial charge in [-0.3, -0.25) is 4.79 Å². The molecular formula is C24H28N2O2. The first-order valence-corrected chi connectivity index (χ1v) is 10.2. The van der Waals surface area contributed by atoms with Crippen LogP contribution in [0.15, 0.2) is 54.6 Å². The van der Waals surface area contributed by atoms with Gasteiger partial charge in [0.15, 0.2) is 0 Å². The largest absolute Gasteiger partial charge is 0.497 e. The molecule has 3 atom stereocenters. The summed E-state index contributed by atoms with van der Waals surface area (Å²) in [6.07, 6.45) is 7.71. The lowest BCUT2D eigenvalue weighted by atomic mass is 9.76. The zero-order valence-corrected chi connectivity index (χ0v) is 16.6. The van der Waals surface area contributed by atoms with Crippen molar-refractivity contribution < 1.29 is 9.53 Å². The van der Waals surface area contributed by atoms with Crippen LogP contribution in [0.3, 0.4) is 0 Å². The van der Waals surface area contributed by atoms with Gasteiger partial charge in [0, 0.05) is 23.7 Å². The molecule has 0 saturated heterocycles. The molecule has 1 amide bonds. The number of methoxy groups -OCH3 is 1. The second kappa shape index (κ2) is 8.09. The van der Waals surface area contributed by atoms with Crippen molar-refractivity contribution in [1.82, 2.24) is 5.32 Å². The third kappa shape index (κ3) is 3.51. The molecule has 1 aliphatic heterocycles. The Kier molecular flexibility index (Phi) is 5.38. The SMILES string of the molecule is CCCCNC(=O)c1ccc2c(c1)C1C=CCC1C(c1ccc(OC)cc1)N2. The monoisotopic (exact) mass is 376 g/mol. The molecule has 0 saturated carbocycles. The van der Waals surface area contributed by atoms with E-state index >= 15 is 0 Å². The summed E-state index contributed by atoms with van der Waals surface area (Å²) in [4.78, 5) is 12.5. The van der Waals surface area contributed by atoms with Gasteiger partial charge in [-0.1, -0.05) is 37.6 Å². The molecule has 1 heterocycles. The van der Waals surface area contributed by atoms with Gasteiger partial charge in [0.1, 0.15) is 5.75 Å². The van der Waals surface area contributed by atoms with E-state index in [0.717, 1.165) is 42.8 Å². The maximum absolute atomic E-state index is 12.5. The molecule has 4 rings (SSSR count). The second-order valence-corrected chi connectivity index (χ2v) is 7.66. The molecule has 0 fully saturated rings. The summed E-state index contributed by atoms with van der Waals surface area (Å²) < 4.78 is 5.30. The fourth-order valence-corrected chi connectivity index (χ4v) is 4.36. The normalized spacial score (nSPS) is 22.1. The number of nitrogens with one attached hydrogen (secondary N) is 2. The Hall–Kier alpha value is -2.75. The van der Waals surface area contributed by atoms with Crippen molar-refractivity contribution in [2.75, 3.05) is 19.0 Å². The Morgan fingerprint density at radius 3 is 2.79 bits per heavy atom. The van der Waals surface area contributed by atoms with Gasteiger partial charge in [0.25, 0.3) is 5.91 Å². The van der Waals surface area contributed by atoms with E-state index in [1.807, 2.05) is 18.2 Å². The van der Waals surface area contributed by atoms with Crippen LogP contribution in [-0.2, 0) is 0 Å². The zero-order chi connectivity index (χ0) is 19.5. The van der Waals surface area contributed by atoms with E-state index in [1.165, 1.54) is 11.1 Å². The Morgan fingerprint density at radius 1 is 1.21 bits per heavy atom. The minimum absolute atomic E-state index is 0.0204. The third-order valence-corrected chi connectivity index (χ3v) is 5.92. The number of fused-ring (bicyclic) bond motifs is 3. The molecule has 2 N–H and O–H groups in total. The van der Waals surface area contributed by atoms with Crippen LogP contribution < -0.4 is 15.4 Å². The van der Waals surface area contributed by atoms with Crippen molar-refractivity contribution in [3.05, 3.63) is 71.3 Å². The fourth-order valence-electron chi connectivity index (χ4n) is 4.36. The van der Waals surface area contributed by atoms with Crippen molar-refractivity contribution in [2.24, 2.45) is 5.92 Å². The highest BCUT2D eigenvalue weighted by molar-refractivity contribution is 5.95. The highest BCUT2D eigenvalue weighted by Gasteiger charge is 2.38. The van der Waals surface area contributed by atoms with Gasteiger partial charge in [0.2, 0.25) is 0 Å². The molecule has 28 heavy (non-hydrogen) atoms. The van der Waals surface area contributed by atoms with Crippen LogP contribution in [0.25, 0.3) is 0 Å². The summed E-state index contributed by atoms with van der Waals surface area (Å²) in [7, 11) is 1.69. The molecule has 146 valence electrons. The topological polar surface area (TPSA) is 50.4 Å². The minimum Gasteiger partial charge on any atom is -0.497 e. The van der Waals surface area contributed by atoms with E-state index in [2.05, 4.69) is 54.0 Å². The maximum atomic E-state index is 12.5. The number of allylic oxidation sites excluding steroid dienone is 2. The molecule has 3 unspecified atom stereocenters. The van der Waals surface area contributed by atoms with Gasteiger partial charge in [0.05, 0.1) is 13.2 Å². The third-order valence-electron chi connectivity index (χ3n) is 5.92. The molecule has 0 spiro atoms. The van der Waals surface area contributed by atoms with Gasteiger partial charge in [-0.05, 0) is 60.2 Å². The predicted molar refractivity (Wildman–Crippen MR) is 113 cm³/mol. The first-order valence-electron chi connectivity index (χ1n) is 10.2. The zero-order valence-electron chi connectivity index (χ0n) is 16.6. The summed E-state index contributed by atoms with van der Waals surface area (Å²) in [5.74, 6) is 1.69. The summed E-state index contributed by atoms with van der Waals surface area (Å²) in [6.45, 7) is 2.86. The number of hydrogen-bond donors (Lipinski definition) is 2. The van der Waals surface area contributed by atoms with Crippen LogP contribution in [0.5, 0.6) is 5.75 Å². The average molecular weight is 377 g/mol. The molecule has 2 aliphatic rings. The molecule has 0 bridgehead atoms. The van der Waals surface area contributed by atoms with Gasteiger partial charge >= 0.3 is 0 Å². The molecule has 4 heteroatoms. The lowest BCUT2D eigenvalue weighted by Gasteiger charge is -2.37. The number of rotatable bonds is 6. The van der Waals surface area contributed by atoms with Gasteiger partial charge < -0.3 is 15.4 Å². The van der Waals surface area contributed by atoms with E-state index in [-0.39, 0.29) is 11.9 Å². The van der Waals surface area contributed by atoms with E-state index in [0.29, 0.717) is 11.8 Å². The number of ether oxygens (including phenoxy) is 1. The van der Waals surface area contributed by atoms with E-state index in [4.69, 9.17) is 4.74 Å². The van der Waals surface area contributed by atoms with E-state index < -0.39 is 0 Å². The average Bonchev–Trinajstić information content (AvgIpc) is 3.23. The smallest absolute Gasteiger partial charge is 0.251 e. The number of hydrogen-bond acceptors (Lipinski definition) is 3. The number of carbonyl (C=O) groups is 1. The van der Waals surface area contributed by atoms with E-state index in [9.17, 15) is 4.79 Å². The van der Waals surface area contributed by atoms with Crippen molar-refractivity contribution in [3.8, 4) is 5.75 Å². The first kappa shape index (κ1) is 18.6. The van der Waals surface area contributed by atoms with Crippen LogP contribution in [0.4, 0.5) is 5.69 Å². The van der Waals surface area contributed by atoms with Crippen LogP contribution in [0, 0.1) is 5.92 Å². The summed E-state index contributed by atoms with van der Waals surface area (Å²) in [5, 5.41) is 6.75. The summed E-state index contributed by atoms with van der Waals surface area (Å²) in [6, 6.07) is 14.6. The Bertz CT molecular complexity index is 873. The molecule has 2 aromatic rings.